The number of benzene rings is 2. The second kappa shape index (κ2) is 8.96. The van der Waals surface area contributed by atoms with Crippen molar-refractivity contribution in [1.82, 2.24) is 9.66 Å². The molecule has 1 heterocycles. The van der Waals surface area contributed by atoms with Crippen LogP contribution in [-0.4, -0.2) is 28.6 Å². The Balaban J connectivity index is 2.11. The number of para-hydroxylation sites is 1. The quantitative estimate of drug-likeness (QED) is 0.487. The van der Waals surface area contributed by atoms with Gasteiger partial charge in [-0.2, -0.15) is 5.10 Å². The fourth-order valence-electron chi connectivity index (χ4n) is 2.68. The molecule has 0 bridgehead atoms. The lowest BCUT2D eigenvalue weighted by Crippen LogP contribution is -2.32. The lowest BCUT2D eigenvalue weighted by Gasteiger charge is -2.18. The molecule has 29 heavy (non-hydrogen) atoms. The summed E-state index contributed by atoms with van der Waals surface area (Å²) in [5, 5.41) is 4.48. The number of aromatic amines is 1. The number of halogens is 2. The molecule has 9 heteroatoms. The van der Waals surface area contributed by atoms with E-state index in [9.17, 15) is 9.59 Å². The Hall–Kier alpha value is -2.39. The zero-order valence-corrected chi connectivity index (χ0v) is 19.2. The van der Waals surface area contributed by atoms with Crippen LogP contribution in [0.25, 0.3) is 10.9 Å². The van der Waals surface area contributed by atoms with E-state index in [1.54, 1.807) is 30.3 Å². The summed E-state index contributed by atoms with van der Waals surface area (Å²) in [5.41, 5.74) is -0.0481. The number of fused-ring (bicyclic) bond motifs is 1. The molecule has 0 amide bonds. The van der Waals surface area contributed by atoms with Gasteiger partial charge in [0.2, 0.25) is 0 Å². The van der Waals surface area contributed by atoms with E-state index < -0.39 is 11.2 Å². The summed E-state index contributed by atoms with van der Waals surface area (Å²) in [6.07, 6.45) is 1.37. The normalized spacial score (nSPS) is 11.5. The third kappa shape index (κ3) is 4.45. The molecule has 0 aliphatic carbocycles. The lowest BCUT2D eigenvalue weighted by atomic mass is 10.2. The highest BCUT2D eigenvalue weighted by atomic mass is 79.9. The summed E-state index contributed by atoms with van der Waals surface area (Å²) in [6.45, 7) is 6.16. The van der Waals surface area contributed by atoms with E-state index in [2.05, 4.69) is 41.9 Å². The second-order valence-electron chi connectivity index (χ2n) is 6.36. The van der Waals surface area contributed by atoms with E-state index in [-0.39, 0.29) is 6.10 Å². The molecular weight excluding hydrogens is 506 g/mol. The first kappa shape index (κ1) is 21.3. The largest absolute Gasteiger partial charge is 0.490 e. The van der Waals surface area contributed by atoms with Crippen LogP contribution in [0.15, 0.2) is 54.0 Å². The van der Waals surface area contributed by atoms with Gasteiger partial charge in [0, 0.05) is 10.0 Å². The van der Waals surface area contributed by atoms with Gasteiger partial charge in [-0.1, -0.05) is 12.1 Å². The van der Waals surface area contributed by atoms with Crippen molar-refractivity contribution in [2.24, 2.45) is 5.10 Å². The van der Waals surface area contributed by atoms with Crippen LogP contribution in [0, 0.1) is 0 Å². The maximum Gasteiger partial charge on any atom is 0.349 e. The monoisotopic (exact) mass is 523 g/mol. The molecule has 7 nitrogen and oxygen atoms in total. The Morgan fingerprint density at radius 2 is 1.93 bits per heavy atom. The summed E-state index contributed by atoms with van der Waals surface area (Å²) in [7, 11) is 0. The topological polar surface area (TPSA) is 85.7 Å². The molecule has 1 N–H and O–H groups in total. The van der Waals surface area contributed by atoms with Gasteiger partial charge in [0.1, 0.15) is 0 Å². The summed E-state index contributed by atoms with van der Waals surface area (Å²) in [5.74, 6) is 1.09. The van der Waals surface area contributed by atoms with E-state index >= 15 is 0 Å². The highest BCUT2D eigenvalue weighted by Crippen LogP contribution is 2.42. The van der Waals surface area contributed by atoms with Crippen LogP contribution in [-0.2, 0) is 0 Å². The van der Waals surface area contributed by atoms with Crippen LogP contribution in [0.5, 0.6) is 11.5 Å². The van der Waals surface area contributed by atoms with Crippen LogP contribution < -0.4 is 20.7 Å². The molecule has 0 atom stereocenters. The summed E-state index contributed by atoms with van der Waals surface area (Å²) < 4.78 is 13.7. The molecule has 0 spiro atoms. The smallest absolute Gasteiger partial charge is 0.349 e. The average molecular weight is 525 g/mol. The van der Waals surface area contributed by atoms with Crippen molar-refractivity contribution in [2.45, 2.75) is 26.9 Å². The van der Waals surface area contributed by atoms with Crippen molar-refractivity contribution in [2.75, 3.05) is 6.61 Å². The Morgan fingerprint density at radius 3 is 2.62 bits per heavy atom. The molecular formula is C20H19Br2N3O4. The van der Waals surface area contributed by atoms with Gasteiger partial charge < -0.3 is 14.5 Å². The van der Waals surface area contributed by atoms with Crippen molar-refractivity contribution in [1.29, 1.82) is 0 Å². The number of ether oxygens (including phenoxy) is 2. The summed E-state index contributed by atoms with van der Waals surface area (Å²) in [4.78, 5) is 27.6. The Bertz CT molecular complexity index is 1200. The minimum atomic E-state index is -0.620. The molecule has 3 aromatic rings. The second-order valence-corrected chi connectivity index (χ2v) is 7.94. The van der Waals surface area contributed by atoms with E-state index in [1.165, 1.54) is 6.21 Å². The van der Waals surface area contributed by atoms with Gasteiger partial charge in [-0.25, -0.2) is 4.79 Å². The molecule has 0 fully saturated rings. The molecule has 1 aromatic heterocycles. The molecule has 0 unspecified atom stereocenters. The third-order valence-electron chi connectivity index (χ3n) is 3.91. The lowest BCUT2D eigenvalue weighted by molar-refractivity contribution is 0.222. The van der Waals surface area contributed by atoms with Crippen molar-refractivity contribution in [3.63, 3.8) is 0 Å². The molecule has 2 aromatic carbocycles. The van der Waals surface area contributed by atoms with Crippen molar-refractivity contribution < 1.29 is 9.47 Å². The summed E-state index contributed by atoms with van der Waals surface area (Å²) >= 11 is 7.03. The molecule has 0 saturated carbocycles. The number of rotatable bonds is 6. The Morgan fingerprint density at radius 1 is 1.21 bits per heavy atom. The fourth-order valence-corrected chi connectivity index (χ4v) is 3.60. The Labute approximate surface area is 183 Å². The van der Waals surface area contributed by atoms with Crippen molar-refractivity contribution in [3.05, 3.63) is 65.7 Å². The maximum absolute atomic E-state index is 12.6. The highest BCUT2D eigenvalue weighted by molar-refractivity contribution is 9.13. The van der Waals surface area contributed by atoms with Crippen LogP contribution in [0.4, 0.5) is 0 Å². The molecule has 0 radical (unpaired) electrons. The number of H-pyrrole nitrogens is 1. The van der Waals surface area contributed by atoms with Gasteiger partial charge in [-0.3, -0.25) is 4.79 Å². The Kier molecular flexibility index (Phi) is 6.59. The fraction of sp³-hybridized carbons (Fsp3) is 0.250. The first-order valence-electron chi connectivity index (χ1n) is 8.93. The van der Waals surface area contributed by atoms with Crippen molar-refractivity contribution in [3.8, 4) is 11.5 Å². The van der Waals surface area contributed by atoms with Gasteiger partial charge in [0.15, 0.2) is 11.5 Å². The average Bonchev–Trinajstić information content (AvgIpc) is 2.68. The molecule has 3 rings (SSSR count). The number of nitrogens with one attached hydrogen (secondary N) is 1. The molecule has 0 aliphatic heterocycles. The van der Waals surface area contributed by atoms with E-state index in [4.69, 9.17) is 9.47 Å². The molecule has 0 aliphatic rings. The van der Waals surface area contributed by atoms with Crippen molar-refractivity contribution >= 4 is 49.0 Å². The minimum Gasteiger partial charge on any atom is -0.490 e. The number of aromatic nitrogens is 2. The third-order valence-corrected chi connectivity index (χ3v) is 6.05. The predicted octanol–water partition coefficient (Wildman–Crippen LogP) is 4.28. The zero-order chi connectivity index (χ0) is 21.1. The zero-order valence-electron chi connectivity index (χ0n) is 16.0. The molecule has 0 saturated heterocycles. The van der Waals surface area contributed by atoms with Crippen LogP contribution in [0.1, 0.15) is 26.3 Å². The van der Waals surface area contributed by atoms with Crippen LogP contribution in [0.3, 0.4) is 0 Å². The first-order chi connectivity index (χ1) is 13.8. The number of hydrogen-bond acceptors (Lipinski definition) is 5. The standard InChI is InChI=1S/C20H19Br2N3O4/c1-4-28-15-9-12(16(21)17(22)18(15)29-11(2)3)10-23-25-19(26)13-7-5-6-8-14(13)24-20(25)27/h5-11H,4H2,1-3H3,(H,24,27). The number of hydrogen-bond donors (Lipinski definition) is 1. The van der Waals surface area contributed by atoms with E-state index in [0.29, 0.717) is 43.5 Å². The summed E-state index contributed by atoms with van der Waals surface area (Å²) in [6, 6.07) is 8.51. The number of nitrogens with zero attached hydrogens (tertiary/aromatic N) is 2. The van der Waals surface area contributed by atoms with Gasteiger partial charge in [0.05, 0.1) is 34.3 Å². The van der Waals surface area contributed by atoms with Gasteiger partial charge in [0.25, 0.3) is 5.56 Å². The van der Waals surface area contributed by atoms with E-state index in [0.717, 1.165) is 4.68 Å². The highest BCUT2D eigenvalue weighted by Gasteiger charge is 2.18. The van der Waals surface area contributed by atoms with Gasteiger partial charge in [-0.05, 0) is 70.8 Å². The predicted molar refractivity (Wildman–Crippen MR) is 121 cm³/mol. The van der Waals surface area contributed by atoms with E-state index in [1.807, 2.05) is 20.8 Å². The van der Waals surface area contributed by atoms with Crippen LogP contribution >= 0.6 is 31.9 Å². The van der Waals surface area contributed by atoms with Gasteiger partial charge in [-0.15, -0.1) is 4.68 Å². The first-order valence-corrected chi connectivity index (χ1v) is 10.5. The van der Waals surface area contributed by atoms with Crippen LogP contribution in [0.2, 0.25) is 0 Å². The minimum absolute atomic E-state index is 0.0494. The molecule has 152 valence electrons. The SMILES string of the molecule is CCOc1cc(C=Nn2c(=O)[nH]c3ccccc3c2=O)c(Br)c(Br)c1OC(C)C. The van der Waals surface area contributed by atoms with Gasteiger partial charge >= 0.3 is 5.69 Å². The maximum atomic E-state index is 12.6.